The minimum Gasteiger partial charge on any atom is -0.495 e. The highest BCUT2D eigenvalue weighted by Gasteiger charge is 2.34. The van der Waals surface area contributed by atoms with Crippen molar-refractivity contribution in [3.05, 3.63) is 63.7 Å². The molecule has 0 aliphatic carbocycles. The predicted octanol–water partition coefficient (Wildman–Crippen LogP) is 2.77. The summed E-state index contributed by atoms with van der Waals surface area (Å²) in [6.07, 6.45) is 1.10. The van der Waals surface area contributed by atoms with Gasteiger partial charge < -0.3 is 10.1 Å². The Balaban J connectivity index is 2.41. The van der Waals surface area contributed by atoms with Crippen LogP contribution in [0.3, 0.4) is 0 Å². The molecule has 1 atom stereocenters. The Morgan fingerprint density at radius 1 is 1.23 bits per heavy atom. The van der Waals surface area contributed by atoms with E-state index >= 15 is 0 Å². The lowest BCUT2D eigenvalue weighted by atomic mass is 10.1. The van der Waals surface area contributed by atoms with E-state index in [0.29, 0.717) is 0 Å². The number of benzene rings is 2. The molecule has 1 N–H and O–H groups in total. The van der Waals surface area contributed by atoms with Gasteiger partial charge in [-0.1, -0.05) is 36.8 Å². The maximum atomic E-state index is 12.9. The van der Waals surface area contributed by atoms with E-state index in [-0.39, 0.29) is 30.1 Å². The summed E-state index contributed by atoms with van der Waals surface area (Å²) in [5.41, 5.74) is 1.57. The summed E-state index contributed by atoms with van der Waals surface area (Å²) in [6, 6.07) is 10.1. The van der Waals surface area contributed by atoms with Gasteiger partial charge in [-0.2, -0.15) is 0 Å². The predicted molar refractivity (Wildman–Crippen MR) is 114 cm³/mol. The van der Waals surface area contributed by atoms with Gasteiger partial charge in [-0.05, 0) is 25.0 Å². The number of aryl methyl sites for hydroxylation is 1. The van der Waals surface area contributed by atoms with Crippen LogP contribution in [0.2, 0.25) is 0 Å². The number of carbonyl (C=O) groups is 1. The van der Waals surface area contributed by atoms with Crippen LogP contribution >= 0.6 is 0 Å². The normalized spacial score (nSPS) is 12.1. The number of nitrogens with zero attached hydrogens (tertiary/aromatic N) is 2. The highest BCUT2D eigenvalue weighted by molar-refractivity contribution is 7.92. The Hall–Kier alpha value is -3.14. The number of anilines is 1. The lowest BCUT2D eigenvalue weighted by molar-refractivity contribution is -0.384. The van der Waals surface area contributed by atoms with Crippen molar-refractivity contribution in [2.24, 2.45) is 0 Å². The maximum absolute atomic E-state index is 12.9. The zero-order valence-corrected chi connectivity index (χ0v) is 18.1. The lowest BCUT2D eigenvalue weighted by Crippen LogP contribution is -2.49. The summed E-state index contributed by atoms with van der Waals surface area (Å²) in [5.74, 6) is -0.409. The molecule has 0 radical (unpaired) electrons. The smallest absolute Gasteiger partial charge is 0.271 e. The standard InChI is InChI=1S/C20H25N3O6S/c1-5-17(20(24)21-13-15-8-6-14(2)7-9-15)22(30(4,27)28)18-12-16(23(25)26)10-11-19(18)29-3/h6-12,17H,5,13H2,1-4H3,(H,21,24)/t17-/m0/s1. The number of methoxy groups -OCH3 is 1. The van der Waals surface area contributed by atoms with Crippen LogP contribution in [-0.4, -0.2) is 38.7 Å². The molecule has 0 spiro atoms. The summed E-state index contributed by atoms with van der Waals surface area (Å²) in [4.78, 5) is 23.5. The highest BCUT2D eigenvalue weighted by atomic mass is 32.2. The molecule has 2 aromatic rings. The number of sulfonamides is 1. The van der Waals surface area contributed by atoms with E-state index < -0.39 is 26.9 Å². The molecule has 0 aliphatic rings. The van der Waals surface area contributed by atoms with Gasteiger partial charge in [0.2, 0.25) is 15.9 Å². The van der Waals surface area contributed by atoms with Gasteiger partial charge in [-0.3, -0.25) is 19.2 Å². The lowest BCUT2D eigenvalue weighted by Gasteiger charge is -2.31. The first-order chi connectivity index (χ1) is 14.1. The Labute approximate surface area is 175 Å². The molecule has 0 saturated carbocycles. The second-order valence-electron chi connectivity index (χ2n) is 6.80. The number of hydrogen-bond donors (Lipinski definition) is 1. The van der Waals surface area contributed by atoms with Crippen molar-refractivity contribution >= 4 is 27.3 Å². The van der Waals surface area contributed by atoms with E-state index in [2.05, 4.69) is 5.32 Å². The first-order valence-corrected chi connectivity index (χ1v) is 11.1. The third-order valence-corrected chi connectivity index (χ3v) is 5.69. The number of non-ortho nitro benzene ring substituents is 1. The molecule has 0 unspecified atom stereocenters. The number of rotatable bonds is 9. The average molecular weight is 436 g/mol. The number of carbonyl (C=O) groups excluding carboxylic acids is 1. The summed E-state index contributed by atoms with van der Waals surface area (Å²) >= 11 is 0. The van der Waals surface area contributed by atoms with Crippen molar-refractivity contribution in [2.75, 3.05) is 17.7 Å². The third kappa shape index (κ3) is 5.47. The van der Waals surface area contributed by atoms with Gasteiger partial charge in [0.1, 0.15) is 17.5 Å². The molecule has 10 heteroatoms. The van der Waals surface area contributed by atoms with E-state index in [1.807, 2.05) is 31.2 Å². The topological polar surface area (TPSA) is 119 Å². The van der Waals surface area contributed by atoms with Gasteiger partial charge in [0.05, 0.1) is 18.3 Å². The fraction of sp³-hybridized carbons (Fsp3) is 0.350. The summed E-state index contributed by atoms with van der Waals surface area (Å²) in [7, 11) is -2.65. The third-order valence-electron chi connectivity index (χ3n) is 4.53. The largest absolute Gasteiger partial charge is 0.495 e. The number of ether oxygens (including phenoxy) is 1. The van der Waals surface area contributed by atoms with Crippen LogP contribution in [0, 0.1) is 17.0 Å². The molecule has 2 rings (SSSR count). The quantitative estimate of drug-likeness (QED) is 0.478. The van der Waals surface area contributed by atoms with E-state index in [1.165, 1.54) is 19.2 Å². The monoisotopic (exact) mass is 435 g/mol. The summed E-state index contributed by atoms with van der Waals surface area (Å²) in [5, 5.41) is 13.9. The Kier molecular flexibility index (Phi) is 7.38. The Morgan fingerprint density at radius 2 is 1.87 bits per heavy atom. The molecular formula is C20H25N3O6S. The molecule has 30 heavy (non-hydrogen) atoms. The maximum Gasteiger partial charge on any atom is 0.271 e. The van der Waals surface area contributed by atoms with Crippen molar-refractivity contribution in [1.29, 1.82) is 0 Å². The van der Waals surface area contributed by atoms with E-state index in [9.17, 15) is 23.3 Å². The van der Waals surface area contributed by atoms with Crippen LogP contribution in [-0.2, 0) is 21.4 Å². The van der Waals surface area contributed by atoms with Crippen LogP contribution in [0.15, 0.2) is 42.5 Å². The number of hydrogen-bond acceptors (Lipinski definition) is 6. The molecule has 0 aliphatic heterocycles. The zero-order chi connectivity index (χ0) is 22.5. The fourth-order valence-electron chi connectivity index (χ4n) is 3.01. The summed E-state index contributed by atoms with van der Waals surface area (Å²) in [6.45, 7) is 3.84. The van der Waals surface area contributed by atoms with Crippen LogP contribution in [0.5, 0.6) is 5.75 Å². The Morgan fingerprint density at radius 3 is 2.37 bits per heavy atom. The molecule has 1 amide bonds. The molecule has 0 bridgehead atoms. The first kappa shape index (κ1) is 23.1. The number of nitro groups is 1. The molecule has 162 valence electrons. The van der Waals surface area contributed by atoms with Crippen molar-refractivity contribution in [2.45, 2.75) is 32.9 Å². The van der Waals surface area contributed by atoms with Crippen molar-refractivity contribution < 1.29 is 22.9 Å². The van der Waals surface area contributed by atoms with Gasteiger partial charge in [-0.15, -0.1) is 0 Å². The number of nitrogens with one attached hydrogen (secondary N) is 1. The van der Waals surface area contributed by atoms with E-state index in [1.54, 1.807) is 6.92 Å². The van der Waals surface area contributed by atoms with Crippen LogP contribution in [0.25, 0.3) is 0 Å². The SMILES string of the molecule is CC[C@@H](C(=O)NCc1ccc(C)cc1)N(c1cc([N+](=O)[O-])ccc1OC)S(C)(=O)=O. The average Bonchev–Trinajstić information content (AvgIpc) is 2.69. The second kappa shape index (κ2) is 9.57. The van der Waals surface area contributed by atoms with Gasteiger partial charge in [-0.25, -0.2) is 8.42 Å². The van der Waals surface area contributed by atoms with Gasteiger partial charge in [0, 0.05) is 18.7 Å². The van der Waals surface area contributed by atoms with E-state index in [0.717, 1.165) is 27.8 Å². The van der Waals surface area contributed by atoms with E-state index in [4.69, 9.17) is 4.74 Å². The minimum absolute atomic E-state index is 0.0634. The van der Waals surface area contributed by atoms with Gasteiger partial charge in [0.15, 0.2) is 0 Å². The van der Waals surface area contributed by atoms with Crippen LogP contribution < -0.4 is 14.4 Å². The highest BCUT2D eigenvalue weighted by Crippen LogP contribution is 2.35. The second-order valence-corrected chi connectivity index (χ2v) is 8.66. The first-order valence-electron chi connectivity index (χ1n) is 9.23. The van der Waals surface area contributed by atoms with Crippen LogP contribution in [0.1, 0.15) is 24.5 Å². The summed E-state index contributed by atoms with van der Waals surface area (Å²) < 4.78 is 31.3. The molecule has 2 aromatic carbocycles. The number of nitro benzene ring substituents is 1. The molecule has 9 nitrogen and oxygen atoms in total. The Bertz CT molecular complexity index is 1020. The van der Waals surface area contributed by atoms with Crippen molar-refractivity contribution in [1.82, 2.24) is 5.32 Å². The fourth-order valence-corrected chi connectivity index (χ4v) is 4.22. The van der Waals surface area contributed by atoms with Crippen molar-refractivity contribution in [3.63, 3.8) is 0 Å². The molecule has 0 heterocycles. The molecule has 0 fully saturated rings. The minimum atomic E-state index is -3.97. The molecule has 0 saturated heterocycles. The van der Waals surface area contributed by atoms with Gasteiger partial charge >= 0.3 is 0 Å². The van der Waals surface area contributed by atoms with Crippen molar-refractivity contribution in [3.8, 4) is 5.75 Å². The molecular weight excluding hydrogens is 410 g/mol. The zero-order valence-electron chi connectivity index (χ0n) is 17.3. The number of amides is 1. The molecule has 0 aromatic heterocycles. The van der Waals surface area contributed by atoms with Gasteiger partial charge in [0.25, 0.3) is 5.69 Å². The van der Waals surface area contributed by atoms with Crippen LogP contribution in [0.4, 0.5) is 11.4 Å².